The Labute approximate surface area is 53.1 Å². The first-order valence-corrected chi connectivity index (χ1v) is 2.59. The van der Waals surface area contributed by atoms with Crippen molar-refractivity contribution < 1.29 is 9.59 Å². The molecular formula is C6H7NO2. The van der Waals surface area contributed by atoms with Crippen LogP contribution in [0.4, 0.5) is 0 Å². The second kappa shape index (κ2) is 4.94. The molecule has 0 aromatic heterocycles. The number of hydrogen-bond acceptors (Lipinski definition) is 2. The molecule has 3 heteroatoms. The summed E-state index contributed by atoms with van der Waals surface area (Å²) in [6.07, 6.45) is 4.78. The van der Waals surface area contributed by atoms with E-state index in [1.165, 1.54) is 6.08 Å². The number of amides is 1. The van der Waals surface area contributed by atoms with Crippen molar-refractivity contribution in [2.45, 2.75) is 13.3 Å². The molecule has 3 nitrogen and oxygen atoms in total. The average molecular weight is 125 g/mol. The van der Waals surface area contributed by atoms with Crippen molar-refractivity contribution in [3.8, 4) is 0 Å². The highest BCUT2D eigenvalue weighted by atomic mass is 16.2. The van der Waals surface area contributed by atoms with Gasteiger partial charge in [0.05, 0.1) is 0 Å². The quantitative estimate of drug-likeness (QED) is 0.311. The SMILES string of the molecule is CC/C=C/C(=O)N=C=O. The Morgan fingerprint density at radius 3 is 2.89 bits per heavy atom. The normalized spacial score (nSPS) is 9.00. The van der Waals surface area contributed by atoms with Crippen LogP contribution in [0.2, 0.25) is 0 Å². The zero-order valence-corrected chi connectivity index (χ0v) is 5.13. The monoisotopic (exact) mass is 125 g/mol. The van der Waals surface area contributed by atoms with Gasteiger partial charge in [-0.3, -0.25) is 4.79 Å². The van der Waals surface area contributed by atoms with Crippen molar-refractivity contribution in [1.82, 2.24) is 0 Å². The van der Waals surface area contributed by atoms with E-state index in [0.717, 1.165) is 12.5 Å². The minimum atomic E-state index is -0.549. The maximum atomic E-state index is 10.3. The van der Waals surface area contributed by atoms with Crippen molar-refractivity contribution in [2.24, 2.45) is 4.99 Å². The number of isocyanates is 1. The van der Waals surface area contributed by atoms with Crippen LogP contribution >= 0.6 is 0 Å². The molecule has 0 N–H and O–H groups in total. The minimum Gasteiger partial charge on any atom is -0.267 e. The number of hydrogen-bond donors (Lipinski definition) is 0. The van der Waals surface area contributed by atoms with E-state index in [2.05, 4.69) is 4.99 Å². The number of nitrogens with zero attached hydrogens (tertiary/aromatic N) is 1. The van der Waals surface area contributed by atoms with Gasteiger partial charge in [0.2, 0.25) is 6.08 Å². The van der Waals surface area contributed by atoms with Crippen LogP contribution in [0.25, 0.3) is 0 Å². The second-order valence-corrected chi connectivity index (χ2v) is 1.35. The Balaban J connectivity index is 3.77. The lowest BCUT2D eigenvalue weighted by Crippen LogP contribution is -1.82. The molecule has 0 spiro atoms. The fraction of sp³-hybridized carbons (Fsp3) is 0.333. The molecule has 0 unspecified atom stereocenters. The van der Waals surface area contributed by atoms with E-state index in [9.17, 15) is 9.59 Å². The summed E-state index contributed by atoms with van der Waals surface area (Å²) in [6.45, 7) is 1.88. The highest BCUT2D eigenvalue weighted by molar-refractivity contribution is 5.91. The first kappa shape index (κ1) is 7.79. The van der Waals surface area contributed by atoms with Gasteiger partial charge in [0.1, 0.15) is 0 Å². The lowest BCUT2D eigenvalue weighted by Gasteiger charge is -1.74. The van der Waals surface area contributed by atoms with Crippen molar-refractivity contribution in [3.05, 3.63) is 12.2 Å². The summed E-state index contributed by atoms with van der Waals surface area (Å²) in [6, 6.07) is 0. The molecular weight excluding hydrogens is 118 g/mol. The molecule has 0 fully saturated rings. The Hall–Kier alpha value is -1.21. The fourth-order valence-corrected chi connectivity index (χ4v) is 0.301. The van der Waals surface area contributed by atoms with Crippen molar-refractivity contribution in [2.75, 3.05) is 0 Å². The van der Waals surface area contributed by atoms with Crippen LogP contribution in [0.1, 0.15) is 13.3 Å². The summed E-state index contributed by atoms with van der Waals surface area (Å²) in [5.74, 6) is -0.549. The number of carbonyl (C=O) groups excluding carboxylic acids is 2. The molecule has 0 aliphatic carbocycles. The van der Waals surface area contributed by atoms with Crippen LogP contribution in [0.3, 0.4) is 0 Å². The van der Waals surface area contributed by atoms with Gasteiger partial charge in [-0.05, 0) is 6.42 Å². The van der Waals surface area contributed by atoms with Gasteiger partial charge in [-0.25, -0.2) is 4.79 Å². The van der Waals surface area contributed by atoms with Crippen molar-refractivity contribution in [3.63, 3.8) is 0 Å². The molecule has 0 bridgehead atoms. The number of carbonyl (C=O) groups is 1. The second-order valence-electron chi connectivity index (χ2n) is 1.35. The summed E-state index contributed by atoms with van der Waals surface area (Å²) in [5, 5.41) is 0. The molecule has 0 aromatic carbocycles. The van der Waals surface area contributed by atoms with E-state index in [1.54, 1.807) is 6.08 Å². The highest BCUT2D eigenvalue weighted by Gasteiger charge is 1.85. The third kappa shape index (κ3) is 4.65. The summed E-state index contributed by atoms with van der Waals surface area (Å²) in [7, 11) is 0. The van der Waals surface area contributed by atoms with Crippen LogP contribution in [0.5, 0.6) is 0 Å². The summed E-state index contributed by atoms with van der Waals surface area (Å²) < 4.78 is 0. The predicted molar refractivity (Wildman–Crippen MR) is 32.6 cm³/mol. The molecule has 0 saturated heterocycles. The number of allylic oxidation sites excluding steroid dienone is 1. The van der Waals surface area contributed by atoms with Crippen LogP contribution in [-0.4, -0.2) is 12.0 Å². The smallest absolute Gasteiger partial charge is 0.267 e. The Morgan fingerprint density at radius 1 is 1.78 bits per heavy atom. The summed E-state index contributed by atoms with van der Waals surface area (Å²) >= 11 is 0. The van der Waals surface area contributed by atoms with Gasteiger partial charge in [-0.1, -0.05) is 13.0 Å². The maximum Gasteiger partial charge on any atom is 0.280 e. The Morgan fingerprint density at radius 2 is 2.44 bits per heavy atom. The third-order valence-electron chi connectivity index (χ3n) is 0.652. The van der Waals surface area contributed by atoms with E-state index in [1.807, 2.05) is 6.92 Å². The lowest BCUT2D eigenvalue weighted by molar-refractivity contribution is -0.113. The van der Waals surface area contributed by atoms with Crippen LogP contribution < -0.4 is 0 Å². The topological polar surface area (TPSA) is 46.5 Å². The molecule has 0 aliphatic heterocycles. The maximum absolute atomic E-state index is 10.3. The molecule has 0 radical (unpaired) electrons. The zero-order chi connectivity index (χ0) is 7.11. The Kier molecular flexibility index (Phi) is 4.27. The van der Waals surface area contributed by atoms with E-state index in [4.69, 9.17) is 0 Å². The average Bonchev–Trinajstić information content (AvgIpc) is 1.85. The third-order valence-corrected chi connectivity index (χ3v) is 0.652. The summed E-state index contributed by atoms with van der Waals surface area (Å²) in [4.78, 5) is 22.5. The van der Waals surface area contributed by atoms with Gasteiger partial charge in [0, 0.05) is 6.08 Å². The molecule has 0 aliphatic rings. The van der Waals surface area contributed by atoms with Gasteiger partial charge >= 0.3 is 0 Å². The molecule has 48 valence electrons. The van der Waals surface area contributed by atoms with Gasteiger partial charge in [0.25, 0.3) is 5.91 Å². The minimum absolute atomic E-state index is 0.549. The molecule has 1 amide bonds. The van der Waals surface area contributed by atoms with Crippen molar-refractivity contribution in [1.29, 1.82) is 0 Å². The van der Waals surface area contributed by atoms with E-state index >= 15 is 0 Å². The first-order valence-electron chi connectivity index (χ1n) is 2.59. The molecule has 0 aromatic rings. The van der Waals surface area contributed by atoms with Crippen molar-refractivity contribution >= 4 is 12.0 Å². The van der Waals surface area contributed by atoms with E-state index in [0.29, 0.717) is 0 Å². The standard InChI is InChI=1S/C6H7NO2/c1-2-3-4-6(9)7-5-8/h3-4H,2H2,1H3/b4-3+. The van der Waals surface area contributed by atoms with Gasteiger partial charge in [-0.2, -0.15) is 0 Å². The Bertz CT molecular complexity index is 166. The van der Waals surface area contributed by atoms with Gasteiger partial charge in [-0.15, -0.1) is 4.99 Å². The van der Waals surface area contributed by atoms with Gasteiger partial charge in [0.15, 0.2) is 0 Å². The predicted octanol–water partition coefficient (Wildman–Crippen LogP) is 0.815. The molecule has 9 heavy (non-hydrogen) atoms. The lowest BCUT2D eigenvalue weighted by atomic mass is 10.4. The van der Waals surface area contributed by atoms with Crippen LogP contribution in [0.15, 0.2) is 17.1 Å². The molecule has 0 heterocycles. The van der Waals surface area contributed by atoms with E-state index < -0.39 is 5.91 Å². The molecule has 0 atom stereocenters. The largest absolute Gasteiger partial charge is 0.280 e. The number of aliphatic imine (C=N–C) groups is 1. The highest BCUT2D eigenvalue weighted by Crippen LogP contribution is 1.81. The van der Waals surface area contributed by atoms with Gasteiger partial charge < -0.3 is 0 Å². The fourth-order valence-electron chi connectivity index (χ4n) is 0.301. The first-order chi connectivity index (χ1) is 4.31. The van der Waals surface area contributed by atoms with E-state index in [-0.39, 0.29) is 0 Å². The number of rotatable bonds is 2. The molecule has 0 rings (SSSR count). The summed E-state index contributed by atoms with van der Waals surface area (Å²) in [5.41, 5.74) is 0. The molecule has 0 saturated carbocycles. The van der Waals surface area contributed by atoms with Crippen LogP contribution in [0, 0.1) is 0 Å². The zero-order valence-electron chi connectivity index (χ0n) is 5.13. The van der Waals surface area contributed by atoms with Crippen LogP contribution in [-0.2, 0) is 9.59 Å².